The van der Waals surface area contributed by atoms with Crippen LogP contribution in [0.2, 0.25) is 0 Å². The lowest BCUT2D eigenvalue weighted by Gasteiger charge is -2.13. The maximum Gasteiger partial charge on any atom is 0.255 e. The lowest BCUT2D eigenvalue weighted by atomic mass is 10.2. The molecule has 0 aliphatic heterocycles. The Labute approximate surface area is 114 Å². The fourth-order valence-corrected chi connectivity index (χ4v) is 2.83. The average molecular weight is 336 g/mol. The number of carbonyl (C=O) groups excluding carboxylic acids is 1. The highest BCUT2D eigenvalue weighted by Crippen LogP contribution is 2.22. The minimum absolute atomic E-state index is 0.110. The van der Waals surface area contributed by atoms with Crippen molar-refractivity contribution < 1.29 is 18.3 Å². The average Bonchev–Trinajstić information content (AvgIpc) is 2.13. The number of carbonyl (C=O) groups is 1. The van der Waals surface area contributed by atoms with Gasteiger partial charge in [0.1, 0.15) is 15.6 Å². The number of hydrogen-bond donors (Lipinski definition) is 2. The van der Waals surface area contributed by atoms with E-state index in [1.165, 1.54) is 12.1 Å². The molecule has 2 N–H and O–H groups in total. The van der Waals surface area contributed by atoms with Gasteiger partial charge in [-0.05, 0) is 25.1 Å². The Morgan fingerprint density at radius 2 is 2.11 bits per heavy atom. The molecule has 0 saturated carbocycles. The predicted molar refractivity (Wildman–Crippen MR) is 72.4 cm³/mol. The van der Waals surface area contributed by atoms with E-state index >= 15 is 0 Å². The Kier molecular flexibility index (Phi) is 4.75. The van der Waals surface area contributed by atoms with Gasteiger partial charge in [-0.15, -0.1) is 0 Å². The first-order valence-corrected chi connectivity index (χ1v) is 8.01. The van der Waals surface area contributed by atoms with Gasteiger partial charge in [0.05, 0.1) is 11.3 Å². The zero-order chi connectivity index (χ0) is 13.9. The van der Waals surface area contributed by atoms with Crippen molar-refractivity contribution in [3.63, 3.8) is 0 Å². The maximum absolute atomic E-state index is 11.8. The molecule has 18 heavy (non-hydrogen) atoms. The van der Waals surface area contributed by atoms with E-state index in [1.807, 2.05) is 0 Å². The van der Waals surface area contributed by atoms with Crippen LogP contribution < -0.4 is 5.32 Å². The van der Waals surface area contributed by atoms with E-state index < -0.39 is 21.8 Å². The molecule has 1 aromatic carbocycles. The first-order valence-electron chi connectivity index (χ1n) is 5.16. The zero-order valence-electron chi connectivity index (χ0n) is 9.97. The normalized spacial score (nSPS) is 13.1. The van der Waals surface area contributed by atoms with Gasteiger partial charge in [0.2, 0.25) is 0 Å². The van der Waals surface area contributed by atoms with Gasteiger partial charge in [0.15, 0.2) is 0 Å². The summed E-state index contributed by atoms with van der Waals surface area (Å²) < 4.78 is 22.8. The van der Waals surface area contributed by atoms with Crippen molar-refractivity contribution in [3.05, 3.63) is 28.2 Å². The van der Waals surface area contributed by atoms with E-state index in [0.717, 1.165) is 6.26 Å². The van der Waals surface area contributed by atoms with Gasteiger partial charge < -0.3 is 10.4 Å². The number of phenols is 1. The van der Waals surface area contributed by atoms with Crippen LogP contribution in [0.1, 0.15) is 17.3 Å². The van der Waals surface area contributed by atoms with Crippen molar-refractivity contribution in [2.45, 2.75) is 13.0 Å². The lowest BCUT2D eigenvalue weighted by molar-refractivity contribution is 0.0941. The number of halogens is 1. The maximum atomic E-state index is 11.8. The largest absolute Gasteiger partial charge is 0.507 e. The monoisotopic (exact) mass is 335 g/mol. The zero-order valence-corrected chi connectivity index (χ0v) is 12.4. The first kappa shape index (κ1) is 15.0. The third kappa shape index (κ3) is 4.66. The number of sulfone groups is 1. The summed E-state index contributed by atoms with van der Waals surface area (Å²) in [7, 11) is -3.15. The molecule has 0 aliphatic carbocycles. The second-order valence-corrected chi connectivity index (χ2v) is 7.23. The van der Waals surface area contributed by atoms with Crippen molar-refractivity contribution in [1.82, 2.24) is 5.32 Å². The molecule has 100 valence electrons. The van der Waals surface area contributed by atoms with Crippen LogP contribution in [0.3, 0.4) is 0 Å². The molecule has 0 spiro atoms. The molecule has 0 radical (unpaired) electrons. The van der Waals surface area contributed by atoms with Crippen LogP contribution >= 0.6 is 15.9 Å². The smallest absolute Gasteiger partial charge is 0.255 e. The molecule has 7 heteroatoms. The van der Waals surface area contributed by atoms with Gasteiger partial charge in [0, 0.05) is 16.8 Å². The summed E-state index contributed by atoms with van der Waals surface area (Å²) in [5, 5.41) is 12.1. The summed E-state index contributed by atoms with van der Waals surface area (Å²) in [5.74, 6) is -0.805. The summed E-state index contributed by atoms with van der Waals surface area (Å²) in [5.41, 5.74) is 0.110. The third-order valence-corrected chi connectivity index (χ3v) is 3.73. The first-order chi connectivity index (χ1) is 8.19. The SMILES string of the molecule is CC(CS(C)(=O)=O)NC(=O)c1ccc(Br)cc1O. The summed E-state index contributed by atoms with van der Waals surface area (Å²) in [4.78, 5) is 11.8. The summed E-state index contributed by atoms with van der Waals surface area (Å²) in [6.07, 6.45) is 1.10. The molecule has 0 saturated heterocycles. The Bertz CT molecular complexity index is 556. The second kappa shape index (κ2) is 5.71. The number of nitrogens with one attached hydrogen (secondary N) is 1. The molecule has 5 nitrogen and oxygen atoms in total. The highest BCUT2D eigenvalue weighted by atomic mass is 79.9. The van der Waals surface area contributed by atoms with Gasteiger partial charge in [0.25, 0.3) is 5.91 Å². The molecule has 0 bridgehead atoms. The van der Waals surface area contributed by atoms with Crippen molar-refractivity contribution in [2.24, 2.45) is 0 Å². The molecule has 0 heterocycles. The Hall–Kier alpha value is -1.08. The minimum atomic E-state index is -3.15. The predicted octanol–water partition coefficient (Wildman–Crippen LogP) is 1.32. The van der Waals surface area contributed by atoms with E-state index in [1.54, 1.807) is 13.0 Å². The van der Waals surface area contributed by atoms with Crippen LogP contribution in [0.25, 0.3) is 0 Å². The van der Waals surface area contributed by atoms with E-state index in [0.29, 0.717) is 4.47 Å². The summed E-state index contributed by atoms with van der Waals surface area (Å²) >= 11 is 3.16. The molecular formula is C11H14BrNO4S. The number of benzene rings is 1. The van der Waals surface area contributed by atoms with Crippen molar-refractivity contribution in [2.75, 3.05) is 12.0 Å². The highest BCUT2D eigenvalue weighted by Gasteiger charge is 2.16. The third-order valence-electron chi connectivity index (χ3n) is 2.13. The molecule has 0 aliphatic rings. The van der Waals surface area contributed by atoms with E-state index in [2.05, 4.69) is 21.2 Å². The topological polar surface area (TPSA) is 83.5 Å². The van der Waals surface area contributed by atoms with Gasteiger partial charge in [-0.1, -0.05) is 15.9 Å². The summed E-state index contributed by atoms with van der Waals surface area (Å²) in [6.45, 7) is 1.59. The van der Waals surface area contributed by atoms with E-state index in [4.69, 9.17) is 0 Å². The molecule has 1 rings (SSSR count). The number of amides is 1. The van der Waals surface area contributed by atoms with Crippen LogP contribution in [-0.4, -0.2) is 37.5 Å². The number of aromatic hydroxyl groups is 1. The fraction of sp³-hybridized carbons (Fsp3) is 0.364. The van der Waals surface area contributed by atoms with Crippen LogP contribution in [0.4, 0.5) is 0 Å². The molecule has 1 amide bonds. The molecule has 1 aromatic rings. The van der Waals surface area contributed by atoms with Crippen LogP contribution in [0, 0.1) is 0 Å². The Morgan fingerprint density at radius 1 is 1.50 bits per heavy atom. The van der Waals surface area contributed by atoms with Crippen molar-refractivity contribution >= 4 is 31.7 Å². The number of phenolic OH excluding ortho intramolecular Hbond substituents is 1. The standard InChI is InChI=1S/C11H14BrNO4S/c1-7(6-18(2,16)17)13-11(15)9-4-3-8(12)5-10(9)14/h3-5,7,14H,6H2,1-2H3,(H,13,15). The number of hydrogen-bond acceptors (Lipinski definition) is 4. The molecule has 1 atom stereocenters. The minimum Gasteiger partial charge on any atom is -0.507 e. The second-order valence-electron chi connectivity index (χ2n) is 4.13. The molecule has 0 aromatic heterocycles. The van der Waals surface area contributed by atoms with Crippen LogP contribution in [0.5, 0.6) is 5.75 Å². The van der Waals surface area contributed by atoms with Gasteiger partial charge in [-0.2, -0.15) is 0 Å². The number of rotatable bonds is 4. The molecular weight excluding hydrogens is 322 g/mol. The fourth-order valence-electron chi connectivity index (χ4n) is 1.49. The lowest BCUT2D eigenvalue weighted by Crippen LogP contribution is -2.37. The van der Waals surface area contributed by atoms with Gasteiger partial charge >= 0.3 is 0 Å². The van der Waals surface area contributed by atoms with Gasteiger partial charge in [-0.3, -0.25) is 4.79 Å². The van der Waals surface area contributed by atoms with Crippen molar-refractivity contribution in [3.8, 4) is 5.75 Å². The molecule has 1 unspecified atom stereocenters. The van der Waals surface area contributed by atoms with E-state index in [9.17, 15) is 18.3 Å². The summed E-state index contributed by atoms with van der Waals surface area (Å²) in [6, 6.07) is 3.96. The van der Waals surface area contributed by atoms with Crippen LogP contribution in [0.15, 0.2) is 22.7 Å². The highest BCUT2D eigenvalue weighted by molar-refractivity contribution is 9.10. The Balaban J connectivity index is 2.77. The van der Waals surface area contributed by atoms with Crippen molar-refractivity contribution in [1.29, 1.82) is 0 Å². The molecule has 0 fully saturated rings. The van der Waals surface area contributed by atoms with Crippen LogP contribution in [-0.2, 0) is 9.84 Å². The quantitative estimate of drug-likeness (QED) is 0.869. The van der Waals surface area contributed by atoms with Gasteiger partial charge in [-0.25, -0.2) is 8.42 Å². The Morgan fingerprint density at radius 3 is 2.61 bits per heavy atom. The van der Waals surface area contributed by atoms with E-state index in [-0.39, 0.29) is 17.1 Å².